The van der Waals surface area contributed by atoms with Crippen molar-refractivity contribution in [2.24, 2.45) is 0 Å². The number of hydrogen-bond acceptors (Lipinski definition) is 5. The molecule has 6 nitrogen and oxygen atoms in total. The average Bonchev–Trinajstić information content (AvgIpc) is 3.41. The zero-order valence-corrected chi connectivity index (χ0v) is 50.8. The monoisotopic (exact) mass is 1060 g/mol. The van der Waals surface area contributed by atoms with Crippen molar-refractivity contribution in [3.63, 3.8) is 0 Å². The Morgan fingerprint density at radius 2 is 0.667 bits per heavy atom. The van der Waals surface area contributed by atoms with Gasteiger partial charge in [0.1, 0.15) is 0 Å². The molecule has 444 valence electrons. The van der Waals surface area contributed by atoms with Gasteiger partial charge < -0.3 is 20.3 Å². The van der Waals surface area contributed by atoms with Crippen LogP contribution >= 0.6 is 0 Å². The molecule has 0 heterocycles. The quantitative estimate of drug-likeness (QED) is 0.0320. The number of carbonyl (C=O) groups excluding carboxylic acids is 2. The van der Waals surface area contributed by atoms with Crippen molar-refractivity contribution < 1.29 is 24.5 Å². The molecule has 0 radical (unpaired) electrons. The molecular weight excluding hydrogens is 923 g/mol. The third-order valence-electron chi connectivity index (χ3n) is 16.0. The molecule has 2 atom stereocenters. The molecule has 2 unspecified atom stereocenters. The van der Waals surface area contributed by atoms with Gasteiger partial charge in [-0.1, -0.05) is 334 Å². The van der Waals surface area contributed by atoms with E-state index >= 15 is 0 Å². The minimum absolute atomic E-state index is 0.00175. The Hall–Kier alpha value is -1.66. The number of carbonyl (C=O) groups is 2. The van der Waals surface area contributed by atoms with E-state index in [1.54, 1.807) is 0 Å². The van der Waals surface area contributed by atoms with E-state index in [0.29, 0.717) is 25.9 Å². The topological polar surface area (TPSA) is 95.9 Å². The van der Waals surface area contributed by atoms with E-state index in [0.717, 1.165) is 57.8 Å². The lowest BCUT2D eigenvalue weighted by atomic mass is 10.0. The standard InChI is InChI=1S/C69H133NO5/c1-3-5-7-9-11-13-15-17-19-21-23-24-25-26-27-29-30-33-37-41-45-49-53-57-61-67(72)66(65-71)70-68(73)62-58-54-50-46-42-38-34-32-36-40-44-48-52-56-60-64-75-69(74)63-59-55-51-47-43-39-35-31-28-22-20-18-16-14-12-10-8-6-4-2/h12,14,18,20,66-67,71-72H,3-11,13,15-17,19,21-65H2,1-2H3,(H,70,73)/b14-12-,20-18-. The summed E-state index contributed by atoms with van der Waals surface area (Å²) in [6, 6.07) is -0.550. The summed E-state index contributed by atoms with van der Waals surface area (Å²) in [4.78, 5) is 24.7. The van der Waals surface area contributed by atoms with Crippen molar-refractivity contribution in [3.05, 3.63) is 24.3 Å². The molecule has 75 heavy (non-hydrogen) atoms. The highest BCUT2D eigenvalue weighted by molar-refractivity contribution is 5.76. The van der Waals surface area contributed by atoms with Crippen LogP contribution in [0.4, 0.5) is 0 Å². The Morgan fingerprint density at radius 1 is 0.373 bits per heavy atom. The van der Waals surface area contributed by atoms with Gasteiger partial charge in [0, 0.05) is 12.8 Å². The van der Waals surface area contributed by atoms with Crippen molar-refractivity contribution >= 4 is 11.9 Å². The van der Waals surface area contributed by atoms with Crippen molar-refractivity contribution in [1.29, 1.82) is 0 Å². The number of aliphatic hydroxyl groups excluding tert-OH is 2. The molecule has 0 aliphatic rings. The molecule has 0 saturated heterocycles. The van der Waals surface area contributed by atoms with Gasteiger partial charge in [-0.25, -0.2) is 0 Å². The van der Waals surface area contributed by atoms with E-state index < -0.39 is 12.1 Å². The molecular formula is C69H133NO5. The minimum Gasteiger partial charge on any atom is -0.466 e. The van der Waals surface area contributed by atoms with Gasteiger partial charge in [0.05, 0.1) is 25.4 Å². The molecule has 0 aromatic heterocycles. The Kier molecular flexibility index (Phi) is 63.4. The second-order valence-corrected chi connectivity index (χ2v) is 23.5. The zero-order valence-electron chi connectivity index (χ0n) is 50.8. The first-order valence-electron chi connectivity index (χ1n) is 34.1. The first kappa shape index (κ1) is 73.3. The first-order chi connectivity index (χ1) is 37.0. The van der Waals surface area contributed by atoms with Gasteiger partial charge in [-0.2, -0.15) is 0 Å². The molecule has 0 spiro atoms. The maximum absolute atomic E-state index is 12.5. The number of aliphatic hydroxyl groups is 2. The van der Waals surface area contributed by atoms with Gasteiger partial charge in [-0.15, -0.1) is 0 Å². The number of unbranched alkanes of at least 4 members (excludes halogenated alkanes) is 49. The van der Waals surface area contributed by atoms with Crippen LogP contribution in [0, 0.1) is 0 Å². The van der Waals surface area contributed by atoms with Gasteiger partial charge in [-0.3, -0.25) is 9.59 Å². The number of esters is 1. The van der Waals surface area contributed by atoms with E-state index in [1.165, 1.54) is 289 Å². The first-order valence-corrected chi connectivity index (χ1v) is 34.1. The summed E-state index contributed by atoms with van der Waals surface area (Å²) in [5.41, 5.74) is 0. The van der Waals surface area contributed by atoms with Crippen LogP contribution in [0.25, 0.3) is 0 Å². The molecule has 0 bridgehead atoms. The Balaban J connectivity index is 3.41. The Morgan fingerprint density at radius 3 is 1.04 bits per heavy atom. The Bertz CT molecular complexity index is 1170. The van der Waals surface area contributed by atoms with E-state index in [1.807, 2.05) is 0 Å². The molecule has 0 aliphatic heterocycles. The van der Waals surface area contributed by atoms with Crippen LogP contribution in [0.15, 0.2) is 24.3 Å². The van der Waals surface area contributed by atoms with Gasteiger partial charge in [0.15, 0.2) is 0 Å². The van der Waals surface area contributed by atoms with E-state index in [2.05, 4.69) is 43.5 Å². The van der Waals surface area contributed by atoms with Crippen LogP contribution in [-0.2, 0) is 14.3 Å². The highest BCUT2D eigenvalue weighted by Crippen LogP contribution is 2.19. The number of allylic oxidation sites excluding steroid dienone is 4. The normalized spacial score (nSPS) is 12.6. The molecule has 3 N–H and O–H groups in total. The number of amides is 1. The third kappa shape index (κ3) is 61.4. The minimum atomic E-state index is -0.672. The summed E-state index contributed by atoms with van der Waals surface area (Å²) >= 11 is 0. The number of hydrogen-bond donors (Lipinski definition) is 3. The van der Waals surface area contributed by atoms with Gasteiger partial charge >= 0.3 is 5.97 Å². The van der Waals surface area contributed by atoms with Crippen molar-refractivity contribution in [2.45, 2.75) is 392 Å². The largest absolute Gasteiger partial charge is 0.466 e. The second kappa shape index (κ2) is 64.9. The molecule has 0 saturated carbocycles. The maximum atomic E-state index is 12.5. The van der Waals surface area contributed by atoms with Gasteiger partial charge in [-0.05, 0) is 57.8 Å². The number of ether oxygens (including phenoxy) is 1. The van der Waals surface area contributed by atoms with Gasteiger partial charge in [0.2, 0.25) is 5.91 Å². The molecule has 0 aromatic carbocycles. The van der Waals surface area contributed by atoms with Crippen molar-refractivity contribution in [2.75, 3.05) is 13.2 Å². The highest BCUT2D eigenvalue weighted by atomic mass is 16.5. The molecule has 0 aliphatic carbocycles. The second-order valence-electron chi connectivity index (χ2n) is 23.5. The lowest BCUT2D eigenvalue weighted by Gasteiger charge is -2.22. The van der Waals surface area contributed by atoms with Crippen LogP contribution in [0.3, 0.4) is 0 Å². The molecule has 0 rings (SSSR count). The summed E-state index contributed by atoms with van der Waals surface area (Å²) < 4.78 is 5.50. The van der Waals surface area contributed by atoms with E-state index in [9.17, 15) is 19.8 Å². The van der Waals surface area contributed by atoms with Crippen molar-refractivity contribution in [1.82, 2.24) is 5.32 Å². The lowest BCUT2D eigenvalue weighted by Crippen LogP contribution is -2.45. The van der Waals surface area contributed by atoms with Crippen LogP contribution in [0.5, 0.6) is 0 Å². The van der Waals surface area contributed by atoms with E-state index in [4.69, 9.17) is 4.74 Å². The predicted molar refractivity (Wildman–Crippen MR) is 329 cm³/mol. The summed E-state index contributed by atoms with van der Waals surface area (Å²) in [6.45, 7) is 4.95. The molecule has 6 heteroatoms. The fraction of sp³-hybridized carbons (Fsp3) is 0.913. The average molecular weight is 1060 g/mol. The maximum Gasteiger partial charge on any atom is 0.305 e. The van der Waals surface area contributed by atoms with Crippen LogP contribution in [0.1, 0.15) is 380 Å². The fourth-order valence-corrected chi connectivity index (χ4v) is 10.8. The zero-order chi connectivity index (χ0) is 54.3. The Labute approximate surface area is 469 Å². The lowest BCUT2D eigenvalue weighted by molar-refractivity contribution is -0.143. The SMILES string of the molecule is CCCCC/C=C\C/C=C\CCCCCCCCCCCC(=O)OCCCCCCCCCCCCCCCCCC(=O)NC(CO)C(O)CCCCCCCCCCCCCCCCCCCCCCCCCC. The van der Waals surface area contributed by atoms with Gasteiger partial charge in [0.25, 0.3) is 0 Å². The summed E-state index contributed by atoms with van der Waals surface area (Å²) in [7, 11) is 0. The van der Waals surface area contributed by atoms with Crippen LogP contribution in [-0.4, -0.2) is 47.4 Å². The van der Waals surface area contributed by atoms with Crippen molar-refractivity contribution in [3.8, 4) is 0 Å². The van der Waals surface area contributed by atoms with Crippen LogP contribution < -0.4 is 5.32 Å². The molecule has 1 amide bonds. The molecule has 0 fully saturated rings. The van der Waals surface area contributed by atoms with E-state index in [-0.39, 0.29) is 18.5 Å². The number of rotatable bonds is 64. The summed E-state index contributed by atoms with van der Waals surface area (Å²) in [6.07, 6.45) is 80.6. The summed E-state index contributed by atoms with van der Waals surface area (Å²) in [5.74, 6) is -0.0409. The predicted octanol–water partition coefficient (Wildman–Crippen LogP) is 21.8. The smallest absolute Gasteiger partial charge is 0.305 e. The highest BCUT2D eigenvalue weighted by Gasteiger charge is 2.20. The summed E-state index contributed by atoms with van der Waals surface area (Å²) in [5, 5.41) is 23.4. The third-order valence-corrected chi connectivity index (χ3v) is 16.0. The fourth-order valence-electron chi connectivity index (χ4n) is 10.8. The molecule has 0 aromatic rings. The number of nitrogens with one attached hydrogen (secondary N) is 1. The van der Waals surface area contributed by atoms with Crippen LogP contribution in [0.2, 0.25) is 0 Å².